The maximum atomic E-state index is 5.87. The van der Waals surface area contributed by atoms with Crippen LogP contribution in [0.25, 0.3) is 0 Å². The van der Waals surface area contributed by atoms with Crippen molar-refractivity contribution in [3.63, 3.8) is 0 Å². The molecule has 2 aliphatic rings. The van der Waals surface area contributed by atoms with E-state index in [1.165, 1.54) is 0 Å². The number of hydrogen-bond acceptors (Lipinski definition) is 5. The summed E-state index contributed by atoms with van der Waals surface area (Å²) < 4.78 is 11.5. The molecular formula is C16H27N3O2. The van der Waals surface area contributed by atoms with Gasteiger partial charge in [0.05, 0.1) is 5.41 Å². The van der Waals surface area contributed by atoms with Crippen LogP contribution >= 0.6 is 0 Å². The highest BCUT2D eigenvalue weighted by molar-refractivity contribution is 5.12. The molecule has 1 aliphatic carbocycles. The summed E-state index contributed by atoms with van der Waals surface area (Å²) in [5, 5.41) is 7.66. The van der Waals surface area contributed by atoms with Crippen molar-refractivity contribution in [2.75, 3.05) is 20.2 Å². The largest absolute Gasteiger partial charge is 0.370 e. The van der Waals surface area contributed by atoms with Crippen LogP contribution in [0.4, 0.5) is 0 Å². The third-order valence-corrected chi connectivity index (χ3v) is 5.52. The minimum atomic E-state index is -0.361. The second-order valence-corrected chi connectivity index (χ2v) is 7.77. The van der Waals surface area contributed by atoms with Gasteiger partial charge in [0, 0.05) is 13.7 Å². The third-order valence-electron chi connectivity index (χ3n) is 5.52. The van der Waals surface area contributed by atoms with Crippen LogP contribution in [-0.2, 0) is 15.8 Å². The summed E-state index contributed by atoms with van der Waals surface area (Å²) in [4.78, 5) is 4.74. The molecule has 0 bridgehead atoms. The summed E-state index contributed by atoms with van der Waals surface area (Å²) in [5.74, 6) is 1.49. The van der Waals surface area contributed by atoms with Crippen LogP contribution < -0.4 is 5.32 Å². The first kappa shape index (κ1) is 15.0. The molecule has 5 nitrogen and oxygen atoms in total. The lowest BCUT2D eigenvalue weighted by molar-refractivity contribution is -0.0740. The molecule has 1 aliphatic heterocycles. The number of rotatable bonds is 3. The minimum Gasteiger partial charge on any atom is -0.370 e. The van der Waals surface area contributed by atoms with E-state index in [2.05, 4.69) is 31.2 Å². The first-order valence-corrected chi connectivity index (χ1v) is 8.00. The number of methoxy groups -OCH3 is 1. The summed E-state index contributed by atoms with van der Waals surface area (Å²) in [7, 11) is 1.77. The molecule has 2 fully saturated rings. The van der Waals surface area contributed by atoms with E-state index in [-0.39, 0.29) is 11.0 Å². The van der Waals surface area contributed by atoms with E-state index in [9.17, 15) is 0 Å². The van der Waals surface area contributed by atoms with Crippen LogP contribution in [0.5, 0.6) is 0 Å². The molecule has 1 saturated carbocycles. The number of nitrogens with zero attached hydrogens (tertiary/aromatic N) is 2. The Kier molecular flexibility index (Phi) is 3.61. The second-order valence-electron chi connectivity index (χ2n) is 7.77. The van der Waals surface area contributed by atoms with Crippen LogP contribution in [0.1, 0.15) is 64.6 Å². The fourth-order valence-electron chi connectivity index (χ4n) is 3.50. The molecule has 1 saturated heterocycles. The third kappa shape index (κ3) is 2.61. The van der Waals surface area contributed by atoms with Gasteiger partial charge in [-0.25, -0.2) is 0 Å². The molecule has 3 rings (SSSR count). The first-order chi connectivity index (χ1) is 9.89. The Morgan fingerprint density at radius 1 is 1.10 bits per heavy atom. The van der Waals surface area contributed by atoms with Crippen molar-refractivity contribution in [2.24, 2.45) is 5.41 Å². The summed E-state index contributed by atoms with van der Waals surface area (Å²) in [6, 6.07) is 0. The lowest BCUT2D eigenvalue weighted by Gasteiger charge is -2.40. The Balaban J connectivity index is 1.84. The van der Waals surface area contributed by atoms with Crippen LogP contribution in [-0.4, -0.2) is 30.3 Å². The highest BCUT2D eigenvalue weighted by Gasteiger charge is 2.45. The van der Waals surface area contributed by atoms with E-state index in [1.807, 2.05) is 0 Å². The van der Waals surface area contributed by atoms with E-state index in [1.54, 1.807) is 7.11 Å². The highest BCUT2D eigenvalue weighted by Crippen LogP contribution is 2.46. The smallest absolute Gasteiger partial charge is 0.234 e. The molecule has 118 valence electrons. The van der Waals surface area contributed by atoms with Crippen molar-refractivity contribution in [3.8, 4) is 0 Å². The van der Waals surface area contributed by atoms with Gasteiger partial charge in [0.25, 0.3) is 0 Å². The molecule has 2 heterocycles. The summed E-state index contributed by atoms with van der Waals surface area (Å²) in [6.07, 6.45) is 5.23. The monoisotopic (exact) mass is 293 g/mol. The lowest BCUT2D eigenvalue weighted by atomic mass is 9.70. The van der Waals surface area contributed by atoms with Crippen molar-refractivity contribution < 1.29 is 9.26 Å². The lowest BCUT2D eigenvalue weighted by Crippen LogP contribution is -2.37. The minimum absolute atomic E-state index is 0.0336. The fourth-order valence-corrected chi connectivity index (χ4v) is 3.50. The first-order valence-electron chi connectivity index (χ1n) is 8.00. The van der Waals surface area contributed by atoms with Gasteiger partial charge in [-0.1, -0.05) is 19.0 Å². The zero-order chi connectivity index (χ0) is 15.1. The van der Waals surface area contributed by atoms with Crippen molar-refractivity contribution in [3.05, 3.63) is 11.7 Å². The molecule has 21 heavy (non-hydrogen) atoms. The van der Waals surface area contributed by atoms with Gasteiger partial charge in [-0.3, -0.25) is 0 Å². The predicted octanol–water partition coefficient (Wildman–Crippen LogP) is 2.76. The van der Waals surface area contributed by atoms with Crippen molar-refractivity contribution in [1.82, 2.24) is 15.5 Å². The van der Waals surface area contributed by atoms with E-state index < -0.39 is 0 Å². The van der Waals surface area contributed by atoms with E-state index >= 15 is 0 Å². The number of ether oxygens (including phenoxy) is 1. The molecule has 0 aromatic carbocycles. The van der Waals surface area contributed by atoms with Gasteiger partial charge in [-0.05, 0) is 51.0 Å². The number of aromatic nitrogens is 2. The van der Waals surface area contributed by atoms with E-state index in [0.29, 0.717) is 5.41 Å². The van der Waals surface area contributed by atoms with Crippen LogP contribution in [0, 0.1) is 5.41 Å². The van der Waals surface area contributed by atoms with Crippen LogP contribution in [0.2, 0.25) is 0 Å². The molecular weight excluding hydrogens is 266 g/mol. The summed E-state index contributed by atoms with van der Waals surface area (Å²) in [6.45, 7) is 8.74. The SMILES string of the molecule is COC1(c2noc(C3(C)CCNC3)n2)CCC(C)(C)CC1. The normalized spacial score (nSPS) is 31.4. The molecule has 1 aromatic heterocycles. The van der Waals surface area contributed by atoms with Crippen molar-refractivity contribution in [1.29, 1.82) is 0 Å². The summed E-state index contributed by atoms with van der Waals surface area (Å²) >= 11 is 0. The molecule has 0 radical (unpaired) electrons. The molecule has 1 aromatic rings. The van der Waals surface area contributed by atoms with Crippen molar-refractivity contribution in [2.45, 2.75) is 63.9 Å². The van der Waals surface area contributed by atoms with Gasteiger partial charge in [-0.2, -0.15) is 4.98 Å². The van der Waals surface area contributed by atoms with E-state index in [0.717, 1.165) is 56.9 Å². The van der Waals surface area contributed by atoms with Crippen LogP contribution in [0.15, 0.2) is 4.52 Å². The average molecular weight is 293 g/mol. The number of hydrogen-bond donors (Lipinski definition) is 1. The Morgan fingerprint density at radius 2 is 1.81 bits per heavy atom. The number of nitrogens with one attached hydrogen (secondary N) is 1. The molecule has 0 spiro atoms. The van der Waals surface area contributed by atoms with Gasteiger partial charge >= 0.3 is 0 Å². The van der Waals surface area contributed by atoms with Gasteiger partial charge in [0.2, 0.25) is 11.7 Å². The van der Waals surface area contributed by atoms with Gasteiger partial charge < -0.3 is 14.6 Å². The zero-order valence-corrected chi connectivity index (χ0v) is 13.7. The van der Waals surface area contributed by atoms with Gasteiger partial charge in [-0.15, -0.1) is 0 Å². The van der Waals surface area contributed by atoms with E-state index in [4.69, 9.17) is 14.2 Å². The zero-order valence-electron chi connectivity index (χ0n) is 13.7. The van der Waals surface area contributed by atoms with Gasteiger partial charge in [0.1, 0.15) is 5.60 Å². The second kappa shape index (κ2) is 5.06. The fraction of sp³-hybridized carbons (Fsp3) is 0.875. The standard InChI is InChI=1S/C16H27N3O2/c1-14(2)5-7-16(20-4,8-6-14)12-18-13(21-19-12)15(3)9-10-17-11-15/h17H,5-11H2,1-4H3. The summed E-state index contributed by atoms with van der Waals surface area (Å²) in [5.41, 5.74) is -0.0102. The average Bonchev–Trinajstić information content (AvgIpc) is 3.10. The van der Waals surface area contributed by atoms with Gasteiger partial charge in [0.15, 0.2) is 0 Å². The maximum absolute atomic E-state index is 5.87. The predicted molar refractivity (Wildman–Crippen MR) is 80.1 cm³/mol. The topological polar surface area (TPSA) is 60.2 Å². The maximum Gasteiger partial charge on any atom is 0.234 e. The Bertz CT molecular complexity index is 493. The molecule has 1 atom stereocenters. The van der Waals surface area contributed by atoms with Crippen LogP contribution in [0.3, 0.4) is 0 Å². The molecule has 5 heteroatoms. The Hall–Kier alpha value is -0.940. The Morgan fingerprint density at radius 3 is 2.38 bits per heavy atom. The Labute approximate surface area is 126 Å². The highest BCUT2D eigenvalue weighted by atomic mass is 16.5. The molecule has 1 unspecified atom stereocenters. The quantitative estimate of drug-likeness (QED) is 0.928. The molecule has 1 N–H and O–H groups in total. The molecule has 0 amide bonds. The van der Waals surface area contributed by atoms with Crippen molar-refractivity contribution >= 4 is 0 Å².